The van der Waals surface area contributed by atoms with Crippen molar-refractivity contribution in [3.8, 4) is 0 Å². The summed E-state index contributed by atoms with van der Waals surface area (Å²) in [6.45, 7) is 3.74. The van der Waals surface area contributed by atoms with Crippen molar-refractivity contribution in [3.05, 3.63) is 56.6 Å². The van der Waals surface area contributed by atoms with Crippen LogP contribution in [-0.2, 0) is 0 Å². The number of aromatic amines is 1. The maximum Gasteiger partial charge on any atom is 0.262 e. The van der Waals surface area contributed by atoms with Crippen molar-refractivity contribution in [1.82, 2.24) is 9.97 Å². The Labute approximate surface area is 128 Å². The number of aromatic nitrogens is 2. The summed E-state index contributed by atoms with van der Waals surface area (Å²) >= 11 is 1.33. The highest BCUT2D eigenvalue weighted by molar-refractivity contribution is 7.15. The van der Waals surface area contributed by atoms with Crippen molar-refractivity contribution in [3.63, 3.8) is 0 Å². The van der Waals surface area contributed by atoms with Crippen LogP contribution in [0.2, 0.25) is 0 Å². The number of fused-ring (bicyclic) bond motifs is 1. The minimum atomic E-state index is -0.568. The van der Waals surface area contributed by atoms with E-state index in [0.29, 0.717) is 5.13 Å². The van der Waals surface area contributed by atoms with Crippen molar-refractivity contribution in [2.24, 2.45) is 0 Å². The van der Waals surface area contributed by atoms with Gasteiger partial charge in [-0.15, -0.1) is 11.3 Å². The SMILES string of the molecule is Cc1nc(NC(=O)c2c[nH]c3c(F)cccc3c2=O)sc1C. The summed E-state index contributed by atoms with van der Waals surface area (Å²) in [5.74, 6) is -1.10. The Hall–Kier alpha value is -2.54. The van der Waals surface area contributed by atoms with Gasteiger partial charge in [-0.05, 0) is 26.0 Å². The number of amides is 1. The number of aryl methyl sites for hydroxylation is 2. The molecule has 0 saturated carbocycles. The van der Waals surface area contributed by atoms with Gasteiger partial charge in [0.25, 0.3) is 5.91 Å². The van der Waals surface area contributed by atoms with Crippen LogP contribution in [0.1, 0.15) is 20.9 Å². The molecule has 2 N–H and O–H groups in total. The number of thiazole rings is 1. The smallest absolute Gasteiger partial charge is 0.262 e. The van der Waals surface area contributed by atoms with E-state index >= 15 is 0 Å². The molecule has 1 aromatic carbocycles. The largest absolute Gasteiger partial charge is 0.358 e. The van der Waals surface area contributed by atoms with E-state index < -0.39 is 17.2 Å². The number of rotatable bonds is 2. The first kappa shape index (κ1) is 14.4. The average molecular weight is 317 g/mol. The summed E-state index contributed by atoms with van der Waals surface area (Å²) < 4.78 is 13.6. The molecule has 0 aliphatic heterocycles. The Balaban J connectivity index is 2.01. The highest BCUT2D eigenvalue weighted by Gasteiger charge is 2.16. The Morgan fingerprint density at radius 1 is 1.36 bits per heavy atom. The Bertz CT molecular complexity index is 926. The van der Waals surface area contributed by atoms with Gasteiger partial charge in [0.1, 0.15) is 11.4 Å². The molecule has 2 heterocycles. The summed E-state index contributed by atoms with van der Waals surface area (Å²) in [5.41, 5.74) is 0.319. The molecule has 1 amide bonds. The molecule has 0 fully saturated rings. The van der Waals surface area contributed by atoms with Crippen LogP contribution in [0.5, 0.6) is 0 Å². The third-order valence-electron chi connectivity index (χ3n) is 3.36. The number of anilines is 1. The zero-order valence-electron chi connectivity index (χ0n) is 11.9. The third kappa shape index (κ3) is 2.39. The maximum absolute atomic E-state index is 13.6. The Morgan fingerprint density at radius 3 is 2.82 bits per heavy atom. The van der Waals surface area contributed by atoms with E-state index in [1.165, 1.54) is 35.7 Å². The van der Waals surface area contributed by atoms with Gasteiger partial charge in [0.15, 0.2) is 5.13 Å². The number of para-hydroxylation sites is 1. The van der Waals surface area contributed by atoms with E-state index in [2.05, 4.69) is 15.3 Å². The zero-order chi connectivity index (χ0) is 15.9. The number of carbonyl (C=O) groups excluding carboxylic acids is 1. The molecule has 0 bridgehead atoms. The van der Waals surface area contributed by atoms with Gasteiger partial charge in [-0.3, -0.25) is 14.9 Å². The molecule has 0 unspecified atom stereocenters. The molecule has 3 rings (SSSR count). The predicted octanol–water partition coefficient (Wildman–Crippen LogP) is 2.99. The van der Waals surface area contributed by atoms with Crippen LogP contribution >= 0.6 is 11.3 Å². The van der Waals surface area contributed by atoms with Crippen LogP contribution in [0.15, 0.2) is 29.2 Å². The minimum Gasteiger partial charge on any atom is -0.358 e. The Kier molecular flexibility index (Phi) is 3.50. The topological polar surface area (TPSA) is 74.8 Å². The number of hydrogen-bond donors (Lipinski definition) is 2. The summed E-state index contributed by atoms with van der Waals surface area (Å²) in [7, 11) is 0. The molecule has 0 radical (unpaired) electrons. The highest BCUT2D eigenvalue weighted by atomic mass is 32.1. The fourth-order valence-corrected chi connectivity index (χ4v) is 2.88. The second-order valence-electron chi connectivity index (χ2n) is 4.81. The molecule has 0 aliphatic carbocycles. The maximum atomic E-state index is 13.6. The van der Waals surface area contributed by atoms with Gasteiger partial charge in [0, 0.05) is 16.5 Å². The summed E-state index contributed by atoms with van der Waals surface area (Å²) in [6.07, 6.45) is 1.22. The van der Waals surface area contributed by atoms with Crippen molar-refractivity contribution >= 4 is 33.3 Å². The van der Waals surface area contributed by atoms with E-state index in [1.807, 2.05) is 13.8 Å². The monoisotopic (exact) mass is 317 g/mol. The van der Waals surface area contributed by atoms with Crippen LogP contribution < -0.4 is 10.7 Å². The molecule has 0 spiro atoms. The first-order valence-corrected chi connectivity index (χ1v) is 7.34. The van der Waals surface area contributed by atoms with E-state index in [1.54, 1.807) is 0 Å². The first-order chi connectivity index (χ1) is 10.5. The molecule has 2 aromatic heterocycles. The van der Waals surface area contributed by atoms with Gasteiger partial charge in [0.05, 0.1) is 11.2 Å². The second kappa shape index (κ2) is 5.34. The molecule has 3 aromatic rings. The van der Waals surface area contributed by atoms with Crippen LogP contribution in [-0.4, -0.2) is 15.9 Å². The molecule has 22 heavy (non-hydrogen) atoms. The standard InChI is InChI=1S/C15H12FN3O2S/c1-7-8(2)22-15(18-7)19-14(21)10-6-17-12-9(13(10)20)4-3-5-11(12)16/h3-6H,1-2H3,(H,17,20)(H,18,19,21). The molecule has 0 saturated heterocycles. The molecule has 5 nitrogen and oxygen atoms in total. The minimum absolute atomic E-state index is 0.0800. The van der Waals surface area contributed by atoms with Crippen LogP contribution in [0, 0.1) is 19.7 Å². The number of pyridine rings is 1. The van der Waals surface area contributed by atoms with Gasteiger partial charge in [-0.2, -0.15) is 0 Å². The summed E-state index contributed by atoms with van der Waals surface area (Å²) in [5, 5.41) is 3.16. The number of nitrogens with one attached hydrogen (secondary N) is 2. The predicted molar refractivity (Wildman–Crippen MR) is 84.1 cm³/mol. The van der Waals surface area contributed by atoms with Gasteiger partial charge < -0.3 is 4.98 Å². The zero-order valence-corrected chi connectivity index (χ0v) is 12.7. The normalized spacial score (nSPS) is 10.9. The summed E-state index contributed by atoms with van der Waals surface area (Å²) in [6, 6.07) is 4.16. The van der Waals surface area contributed by atoms with Crippen molar-refractivity contribution in [2.75, 3.05) is 5.32 Å². The second-order valence-corrected chi connectivity index (χ2v) is 6.01. The molecular formula is C15H12FN3O2S. The van der Waals surface area contributed by atoms with Gasteiger partial charge >= 0.3 is 0 Å². The molecule has 112 valence electrons. The average Bonchev–Trinajstić information content (AvgIpc) is 2.78. The fraction of sp³-hybridized carbons (Fsp3) is 0.133. The van der Waals surface area contributed by atoms with E-state index in [4.69, 9.17) is 0 Å². The van der Waals surface area contributed by atoms with Crippen molar-refractivity contribution in [1.29, 1.82) is 0 Å². The number of benzene rings is 1. The van der Waals surface area contributed by atoms with Crippen LogP contribution in [0.4, 0.5) is 9.52 Å². The van der Waals surface area contributed by atoms with Crippen molar-refractivity contribution in [2.45, 2.75) is 13.8 Å². The number of hydrogen-bond acceptors (Lipinski definition) is 4. The summed E-state index contributed by atoms with van der Waals surface area (Å²) in [4.78, 5) is 32.4. The van der Waals surface area contributed by atoms with E-state index in [-0.39, 0.29) is 16.5 Å². The lowest BCUT2D eigenvalue weighted by Gasteiger charge is -2.04. The molecule has 7 heteroatoms. The van der Waals surface area contributed by atoms with Crippen molar-refractivity contribution < 1.29 is 9.18 Å². The first-order valence-electron chi connectivity index (χ1n) is 6.52. The molecule has 0 atom stereocenters. The van der Waals surface area contributed by atoms with Gasteiger partial charge in [-0.25, -0.2) is 9.37 Å². The lowest BCUT2D eigenvalue weighted by molar-refractivity contribution is 0.102. The van der Waals surface area contributed by atoms with Gasteiger partial charge in [-0.1, -0.05) is 6.07 Å². The van der Waals surface area contributed by atoms with E-state index in [0.717, 1.165) is 10.6 Å². The fourth-order valence-electron chi connectivity index (χ4n) is 2.07. The Morgan fingerprint density at radius 2 is 2.14 bits per heavy atom. The molecule has 0 aliphatic rings. The van der Waals surface area contributed by atoms with Crippen LogP contribution in [0.3, 0.4) is 0 Å². The van der Waals surface area contributed by atoms with Gasteiger partial charge in [0.2, 0.25) is 5.43 Å². The van der Waals surface area contributed by atoms with E-state index in [9.17, 15) is 14.0 Å². The number of H-pyrrole nitrogens is 1. The quantitative estimate of drug-likeness (QED) is 0.763. The lowest BCUT2D eigenvalue weighted by Crippen LogP contribution is -2.22. The number of nitrogens with zero attached hydrogens (tertiary/aromatic N) is 1. The molecular weight excluding hydrogens is 305 g/mol. The highest BCUT2D eigenvalue weighted by Crippen LogP contribution is 2.21. The number of carbonyl (C=O) groups is 1. The van der Waals surface area contributed by atoms with Crippen LogP contribution in [0.25, 0.3) is 10.9 Å². The third-order valence-corrected chi connectivity index (χ3v) is 4.35. The number of halogens is 1. The lowest BCUT2D eigenvalue weighted by atomic mass is 10.1.